The molecular weight excluding hydrogens is 376 g/mol. The van der Waals surface area contributed by atoms with Crippen LogP contribution < -0.4 is 4.74 Å². The summed E-state index contributed by atoms with van der Waals surface area (Å²) in [5.74, 6) is 1.06. The molecular formula is C14H12Br2OS. The Labute approximate surface area is 127 Å². The van der Waals surface area contributed by atoms with Crippen molar-refractivity contribution in [2.75, 3.05) is 6.61 Å². The van der Waals surface area contributed by atoms with E-state index < -0.39 is 0 Å². The van der Waals surface area contributed by atoms with Crippen LogP contribution >= 0.6 is 43.2 Å². The Balaban J connectivity index is 2.10. The molecule has 0 spiro atoms. The zero-order valence-electron chi connectivity index (χ0n) is 9.87. The molecule has 1 unspecified atom stereocenters. The minimum absolute atomic E-state index is 0.202. The number of rotatable bonds is 2. The molecule has 4 heteroatoms. The van der Waals surface area contributed by atoms with Crippen molar-refractivity contribution in [2.45, 2.75) is 18.2 Å². The van der Waals surface area contributed by atoms with Gasteiger partial charge in [0.05, 0.1) is 11.4 Å². The Hall–Kier alpha value is -0.320. The lowest BCUT2D eigenvalue weighted by molar-refractivity contribution is 0.354. The monoisotopic (exact) mass is 386 g/mol. The van der Waals surface area contributed by atoms with Crippen LogP contribution in [0.15, 0.2) is 27.4 Å². The average molecular weight is 388 g/mol. The number of alkyl halides is 1. The molecule has 0 radical (unpaired) electrons. The number of fused-ring (bicyclic) bond motifs is 1. The SMILES string of the molecule is Cc1cscc1C(Br)c1cc(Br)cc2c1OCC2. The lowest BCUT2D eigenvalue weighted by atomic mass is 10.0. The molecule has 94 valence electrons. The molecule has 0 saturated heterocycles. The molecule has 0 aliphatic carbocycles. The van der Waals surface area contributed by atoms with Crippen molar-refractivity contribution in [3.63, 3.8) is 0 Å². The predicted octanol–water partition coefficient (Wildman–Crippen LogP) is 5.24. The maximum Gasteiger partial charge on any atom is 0.127 e. The van der Waals surface area contributed by atoms with Crippen LogP contribution in [0.5, 0.6) is 5.75 Å². The molecule has 0 bridgehead atoms. The van der Waals surface area contributed by atoms with Gasteiger partial charge in [0.1, 0.15) is 5.75 Å². The molecule has 0 fully saturated rings. The summed E-state index contributed by atoms with van der Waals surface area (Å²) in [6, 6.07) is 4.31. The molecule has 1 nitrogen and oxygen atoms in total. The summed E-state index contributed by atoms with van der Waals surface area (Å²) in [6.45, 7) is 2.94. The number of aryl methyl sites for hydroxylation is 1. The quantitative estimate of drug-likeness (QED) is 0.640. The third-order valence-electron chi connectivity index (χ3n) is 3.22. The Morgan fingerprint density at radius 3 is 2.83 bits per heavy atom. The lowest BCUT2D eigenvalue weighted by Crippen LogP contribution is -1.97. The van der Waals surface area contributed by atoms with Gasteiger partial charge in [0, 0.05) is 16.5 Å². The molecule has 1 aromatic carbocycles. The lowest BCUT2D eigenvalue weighted by Gasteiger charge is -2.15. The van der Waals surface area contributed by atoms with Gasteiger partial charge in [-0.25, -0.2) is 0 Å². The van der Waals surface area contributed by atoms with E-state index in [1.165, 1.54) is 22.3 Å². The fourth-order valence-corrected chi connectivity index (χ4v) is 4.69. The van der Waals surface area contributed by atoms with Gasteiger partial charge < -0.3 is 4.74 Å². The summed E-state index contributed by atoms with van der Waals surface area (Å²) in [7, 11) is 0. The highest BCUT2D eigenvalue weighted by Crippen LogP contribution is 2.43. The van der Waals surface area contributed by atoms with Crippen molar-refractivity contribution in [3.05, 3.63) is 49.6 Å². The fourth-order valence-electron chi connectivity index (χ4n) is 2.28. The smallest absolute Gasteiger partial charge is 0.127 e. The molecule has 0 saturated carbocycles. The van der Waals surface area contributed by atoms with Crippen LogP contribution in [0.4, 0.5) is 0 Å². The molecule has 18 heavy (non-hydrogen) atoms. The summed E-state index contributed by atoms with van der Waals surface area (Å²) >= 11 is 9.15. The normalized spacial score (nSPS) is 15.3. The van der Waals surface area contributed by atoms with E-state index >= 15 is 0 Å². The first-order valence-electron chi connectivity index (χ1n) is 5.78. The van der Waals surface area contributed by atoms with Crippen molar-refractivity contribution in [3.8, 4) is 5.75 Å². The summed E-state index contributed by atoms with van der Waals surface area (Å²) in [5.41, 5.74) is 5.18. The highest BCUT2D eigenvalue weighted by Gasteiger charge is 2.23. The fraction of sp³-hybridized carbons (Fsp3) is 0.286. The van der Waals surface area contributed by atoms with Crippen LogP contribution in [0.3, 0.4) is 0 Å². The Kier molecular flexibility index (Phi) is 3.52. The molecule has 0 amide bonds. The van der Waals surface area contributed by atoms with Crippen molar-refractivity contribution in [1.29, 1.82) is 0 Å². The minimum Gasteiger partial charge on any atom is -0.493 e. The summed E-state index contributed by atoms with van der Waals surface area (Å²) in [5, 5.41) is 4.39. The van der Waals surface area contributed by atoms with Crippen LogP contribution in [0.25, 0.3) is 0 Å². The van der Waals surface area contributed by atoms with Gasteiger partial charge in [-0.1, -0.05) is 31.9 Å². The third-order valence-corrected chi connectivity index (χ3v) is 5.54. The first-order valence-corrected chi connectivity index (χ1v) is 8.44. The van der Waals surface area contributed by atoms with E-state index in [9.17, 15) is 0 Å². The van der Waals surface area contributed by atoms with E-state index in [4.69, 9.17) is 4.74 Å². The molecule has 1 aromatic heterocycles. The van der Waals surface area contributed by atoms with Crippen LogP contribution in [0, 0.1) is 6.92 Å². The van der Waals surface area contributed by atoms with Gasteiger partial charge in [-0.2, -0.15) is 11.3 Å². The second-order valence-corrected chi connectivity index (χ2v) is 7.03. The topological polar surface area (TPSA) is 9.23 Å². The van der Waals surface area contributed by atoms with Crippen LogP contribution in [-0.4, -0.2) is 6.61 Å². The number of hydrogen-bond donors (Lipinski definition) is 0. The molecule has 0 N–H and O–H groups in total. The highest BCUT2D eigenvalue weighted by molar-refractivity contribution is 9.10. The van der Waals surface area contributed by atoms with Gasteiger partial charge in [0.15, 0.2) is 0 Å². The number of thiophene rings is 1. The minimum atomic E-state index is 0.202. The first kappa shape index (κ1) is 12.7. The standard InChI is InChI=1S/C14H12Br2OS/c1-8-6-18-7-12(8)13(16)11-5-10(15)4-9-2-3-17-14(9)11/h4-7,13H,2-3H2,1H3. The van der Waals surface area contributed by atoms with Gasteiger partial charge in [-0.05, 0) is 46.5 Å². The molecule has 1 aliphatic rings. The second-order valence-electron chi connectivity index (χ2n) is 4.45. The molecule has 1 aliphatic heterocycles. The van der Waals surface area contributed by atoms with Crippen molar-refractivity contribution < 1.29 is 4.74 Å². The summed E-state index contributed by atoms with van der Waals surface area (Å²) in [6.07, 6.45) is 1.00. The van der Waals surface area contributed by atoms with Gasteiger partial charge in [-0.3, -0.25) is 0 Å². The number of halogens is 2. The second kappa shape index (κ2) is 4.99. The molecule has 2 heterocycles. The van der Waals surface area contributed by atoms with E-state index in [0.717, 1.165) is 23.2 Å². The van der Waals surface area contributed by atoms with Crippen LogP contribution in [0.2, 0.25) is 0 Å². The van der Waals surface area contributed by atoms with Gasteiger partial charge in [-0.15, -0.1) is 0 Å². The van der Waals surface area contributed by atoms with Crippen molar-refractivity contribution in [1.82, 2.24) is 0 Å². The van der Waals surface area contributed by atoms with Gasteiger partial charge in [0.2, 0.25) is 0 Å². The van der Waals surface area contributed by atoms with E-state index in [2.05, 4.69) is 61.7 Å². The molecule has 1 atom stereocenters. The molecule has 2 aromatic rings. The Morgan fingerprint density at radius 1 is 1.28 bits per heavy atom. The maximum absolute atomic E-state index is 5.80. The zero-order valence-corrected chi connectivity index (χ0v) is 13.9. The number of benzene rings is 1. The van der Waals surface area contributed by atoms with Crippen molar-refractivity contribution >= 4 is 43.2 Å². The Bertz CT molecular complexity index is 591. The predicted molar refractivity (Wildman–Crippen MR) is 83.2 cm³/mol. The van der Waals surface area contributed by atoms with Crippen LogP contribution in [-0.2, 0) is 6.42 Å². The highest BCUT2D eigenvalue weighted by atomic mass is 79.9. The van der Waals surface area contributed by atoms with Gasteiger partial charge >= 0.3 is 0 Å². The zero-order chi connectivity index (χ0) is 12.7. The third kappa shape index (κ3) is 2.15. The largest absolute Gasteiger partial charge is 0.493 e. The van der Waals surface area contributed by atoms with E-state index in [-0.39, 0.29) is 4.83 Å². The van der Waals surface area contributed by atoms with E-state index in [0.29, 0.717) is 0 Å². The average Bonchev–Trinajstić information content (AvgIpc) is 2.95. The van der Waals surface area contributed by atoms with Crippen LogP contribution in [0.1, 0.15) is 27.1 Å². The van der Waals surface area contributed by atoms with Gasteiger partial charge in [0.25, 0.3) is 0 Å². The van der Waals surface area contributed by atoms with Crippen molar-refractivity contribution in [2.24, 2.45) is 0 Å². The maximum atomic E-state index is 5.80. The Morgan fingerprint density at radius 2 is 2.11 bits per heavy atom. The summed E-state index contributed by atoms with van der Waals surface area (Å²) in [4.78, 5) is 0.202. The van der Waals surface area contributed by atoms with E-state index in [1.54, 1.807) is 11.3 Å². The summed E-state index contributed by atoms with van der Waals surface area (Å²) < 4.78 is 6.92. The van der Waals surface area contributed by atoms with E-state index in [1.807, 2.05) is 0 Å². The first-order chi connectivity index (χ1) is 8.66. The molecule has 3 rings (SSSR count). The number of hydrogen-bond acceptors (Lipinski definition) is 2. The number of ether oxygens (including phenoxy) is 1.